The van der Waals surface area contributed by atoms with Gasteiger partial charge in [0.2, 0.25) is 5.88 Å². The van der Waals surface area contributed by atoms with Gasteiger partial charge in [0.15, 0.2) is 0 Å². The molecule has 0 fully saturated rings. The lowest BCUT2D eigenvalue weighted by Crippen LogP contribution is -2.20. The molecule has 0 atom stereocenters. The van der Waals surface area contributed by atoms with Crippen LogP contribution in [0.2, 0.25) is 0 Å². The van der Waals surface area contributed by atoms with Gasteiger partial charge in [0.1, 0.15) is 12.0 Å². The van der Waals surface area contributed by atoms with E-state index in [1.807, 2.05) is 0 Å². The number of aromatic nitrogens is 2. The van der Waals surface area contributed by atoms with E-state index in [4.69, 9.17) is 9.94 Å². The van der Waals surface area contributed by atoms with Crippen LogP contribution in [-0.2, 0) is 0 Å². The third-order valence-electron chi connectivity index (χ3n) is 1.19. The van der Waals surface area contributed by atoms with E-state index in [9.17, 15) is 4.79 Å². The molecule has 0 spiro atoms. The predicted octanol–water partition coefficient (Wildman–Crippen LogP) is -0.396. The molecule has 2 N–H and O–H groups in total. The molecule has 1 amide bonds. The summed E-state index contributed by atoms with van der Waals surface area (Å²) < 4.78 is 4.74. The van der Waals surface area contributed by atoms with Crippen molar-refractivity contribution in [1.29, 1.82) is 0 Å². The van der Waals surface area contributed by atoms with Gasteiger partial charge in [-0.15, -0.1) is 0 Å². The molecule has 6 nitrogen and oxygen atoms in total. The number of amides is 1. The number of nitrogens with one attached hydrogen (secondary N) is 1. The van der Waals surface area contributed by atoms with E-state index < -0.39 is 5.91 Å². The van der Waals surface area contributed by atoms with E-state index in [1.54, 1.807) is 0 Å². The Kier molecular flexibility index (Phi) is 2.54. The summed E-state index contributed by atoms with van der Waals surface area (Å²) in [6, 6.07) is 1.31. The summed E-state index contributed by atoms with van der Waals surface area (Å²) in [5, 5.41) is 8.25. The molecule has 1 aromatic rings. The first-order chi connectivity index (χ1) is 5.77. The van der Waals surface area contributed by atoms with Gasteiger partial charge in [0, 0.05) is 6.07 Å². The Labute approximate surface area is 68.2 Å². The molecule has 1 heterocycles. The summed E-state index contributed by atoms with van der Waals surface area (Å²) in [6.07, 6.45) is 1.17. The Morgan fingerprint density at radius 2 is 2.42 bits per heavy atom. The standard InChI is InChI=1S/C6H7N3O3/c1-12-5-2-4(6(10)9-11)7-3-8-5/h2-3,11H,1H3,(H,9,10). The lowest BCUT2D eigenvalue weighted by Gasteiger charge is -1.99. The fraction of sp³-hybridized carbons (Fsp3) is 0.167. The van der Waals surface area contributed by atoms with Gasteiger partial charge in [-0.2, -0.15) is 0 Å². The van der Waals surface area contributed by atoms with Crippen molar-refractivity contribution in [2.75, 3.05) is 7.11 Å². The van der Waals surface area contributed by atoms with Gasteiger partial charge in [0.25, 0.3) is 5.91 Å². The van der Waals surface area contributed by atoms with Crippen LogP contribution in [0, 0.1) is 0 Å². The summed E-state index contributed by atoms with van der Waals surface area (Å²) in [5.74, 6) is -0.431. The second-order valence-electron chi connectivity index (χ2n) is 1.89. The molecule has 1 rings (SSSR count). The van der Waals surface area contributed by atoms with Gasteiger partial charge < -0.3 is 4.74 Å². The van der Waals surface area contributed by atoms with Crippen molar-refractivity contribution in [2.45, 2.75) is 0 Å². The minimum atomic E-state index is -0.698. The monoisotopic (exact) mass is 169 g/mol. The van der Waals surface area contributed by atoms with Gasteiger partial charge in [-0.3, -0.25) is 10.0 Å². The van der Waals surface area contributed by atoms with Gasteiger partial charge in [-0.25, -0.2) is 15.4 Å². The second-order valence-corrected chi connectivity index (χ2v) is 1.89. The van der Waals surface area contributed by atoms with Crippen molar-refractivity contribution in [3.8, 4) is 5.88 Å². The number of hydrogen-bond acceptors (Lipinski definition) is 5. The molecule has 0 aliphatic carbocycles. The van der Waals surface area contributed by atoms with Crippen LogP contribution in [0.1, 0.15) is 10.5 Å². The summed E-state index contributed by atoms with van der Waals surface area (Å²) >= 11 is 0. The second kappa shape index (κ2) is 3.63. The van der Waals surface area contributed by atoms with E-state index in [0.717, 1.165) is 0 Å². The molecular formula is C6H7N3O3. The van der Waals surface area contributed by atoms with Crippen molar-refractivity contribution in [3.63, 3.8) is 0 Å². The number of nitrogens with zero attached hydrogens (tertiary/aromatic N) is 2. The molecule has 0 bridgehead atoms. The molecule has 0 saturated carbocycles. The summed E-state index contributed by atoms with van der Waals surface area (Å²) in [5.41, 5.74) is 1.49. The molecule has 0 aromatic carbocycles. The van der Waals surface area contributed by atoms with Crippen LogP contribution in [0.15, 0.2) is 12.4 Å². The Hall–Kier alpha value is -1.69. The predicted molar refractivity (Wildman–Crippen MR) is 37.8 cm³/mol. The Morgan fingerprint density at radius 3 is 3.00 bits per heavy atom. The van der Waals surface area contributed by atoms with Crippen LogP contribution >= 0.6 is 0 Å². The number of rotatable bonds is 2. The molecular weight excluding hydrogens is 162 g/mol. The van der Waals surface area contributed by atoms with E-state index in [0.29, 0.717) is 0 Å². The average Bonchev–Trinajstić information content (AvgIpc) is 2.17. The highest BCUT2D eigenvalue weighted by Gasteiger charge is 2.06. The Bertz CT molecular complexity index is 289. The highest BCUT2D eigenvalue weighted by Crippen LogP contribution is 2.04. The molecule has 64 valence electrons. The maximum absolute atomic E-state index is 10.8. The lowest BCUT2D eigenvalue weighted by molar-refractivity contribution is 0.0700. The van der Waals surface area contributed by atoms with Gasteiger partial charge in [0.05, 0.1) is 7.11 Å². The molecule has 12 heavy (non-hydrogen) atoms. The number of carbonyl (C=O) groups excluding carboxylic acids is 1. The third kappa shape index (κ3) is 1.67. The highest BCUT2D eigenvalue weighted by atomic mass is 16.5. The molecule has 0 aliphatic rings. The molecule has 1 aromatic heterocycles. The van der Waals surface area contributed by atoms with Crippen molar-refractivity contribution in [2.24, 2.45) is 0 Å². The van der Waals surface area contributed by atoms with Gasteiger partial charge >= 0.3 is 0 Å². The zero-order valence-electron chi connectivity index (χ0n) is 6.31. The number of hydroxylamine groups is 1. The minimum absolute atomic E-state index is 0.0457. The molecule has 0 aliphatic heterocycles. The third-order valence-corrected chi connectivity index (χ3v) is 1.19. The highest BCUT2D eigenvalue weighted by molar-refractivity contribution is 5.91. The molecule has 0 unspecified atom stereocenters. The van der Waals surface area contributed by atoms with Crippen LogP contribution in [0.25, 0.3) is 0 Å². The molecule has 6 heteroatoms. The normalized spacial score (nSPS) is 9.17. The van der Waals surface area contributed by atoms with E-state index >= 15 is 0 Å². The van der Waals surface area contributed by atoms with Gasteiger partial charge in [-0.05, 0) is 0 Å². The number of methoxy groups -OCH3 is 1. The lowest BCUT2D eigenvalue weighted by atomic mass is 10.4. The summed E-state index contributed by atoms with van der Waals surface area (Å²) in [7, 11) is 1.42. The minimum Gasteiger partial charge on any atom is -0.481 e. The quantitative estimate of drug-likeness (QED) is 0.465. The maximum atomic E-state index is 10.8. The summed E-state index contributed by atoms with van der Waals surface area (Å²) in [6.45, 7) is 0. The molecule has 0 saturated heterocycles. The van der Waals surface area contributed by atoms with E-state index in [1.165, 1.54) is 25.0 Å². The van der Waals surface area contributed by atoms with Crippen LogP contribution in [0.4, 0.5) is 0 Å². The number of hydrogen-bond donors (Lipinski definition) is 2. The van der Waals surface area contributed by atoms with E-state index in [2.05, 4.69) is 9.97 Å². The summed E-state index contributed by atoms with van der Waals surface area (Å²) in [4.78, 5) is 18.0. The van der Waals surface area contributed by atoms with Crippen molar-refractivity contribution >= 4 is 5.91 Å². The Balaban J connectivity index is 2.93. The zero-order chi connectivity index (χ0) is 8.97. The topological polar surface area (TPSA) is 84.3 Å². The first-order valence-electron chi connectivity index (χ1n) is 3.08. The average molecular weight is 169 g/mol. The smallest absolute Gasteiger partial charge is 0.293 e. The fourth-order valence-corrected chi connectivity index (χ4v) is 0.633. The SMILES string of the molecule is COc1cc(C(=O)NO)ncn1. The zero-order valence-corrected chi connectivity index (χ0v) is 6.31. The van der Waals surface area contributed by atoms with Crippen molar-refractivity contribution in [3.05, 3.63) is 18.1 Å². The van der Waals surface area contributed by atoms with Crippen LogP contribution in [-0.4, -0.2) is 28.2 Å². The largest absolute Gasteiger partial charge is 0.481 e. The number of carbonyl (C=O) groups is 1. The Morgan fingerprint density at radius 1 is 1.67 bits per heavy atom. The maximum Gasteiger partial charge on any atom is 0.293 e. The van der Waals surface area contributed by atoms with Crippen LogP contribution in [0.5, 0.6) is 5.88 Å². The van der Waals surface area contributed by atoms with Gasteiger partial charge in [-0.1, -0.05) is 0 Å². The number of ether oxygens (including phenoxy) is 1. The van der Waals surface area contributed by atoms with Crippen molar-refractivity contribution < 1.29 is 14.7 Å². The first-order valence-corrected chi connectivity index (χ1v) is 3.08. The fourth-order valence-electron chi connectivity index (χ4n) is 0.633. The van der Waals surface area contributed by atoms with Crippen LogP contribution in [0.3, 0.4) is 0 Å². The first kappa shape index (κ1) is 8.41. The molecule has 0 radical (unpaired) electrons. The van der Waals surface area contributed by atoms with E-state index in [-0.39, 0.29) is 11.6 Å². The van der Waals surface area contributed by atoms with Crippen molar-refractivity contribution in [1.82, 2.24) is 15.4 Å². The van der Waals surface area contributed by atoms with Crippen LogP contribution < -0.4 is 10.2 Å².